The number of thioether (sulfide) groups is 1. The average Bonchev–Trinajstić information content (AvgIpc) is 2.83. The van der Waals surface area contributed by atoms with Gasteiger partial charge in [-0.05, 0) is 25.8 Å². The summed E-state index contributed by atoms with van der Waals surface area (Å²) < 4.78 is 6.59. The fraction of sp³-hybridized carbons (Fsp3) is 0.500. The number of rotatable bonds is 7. The van der Waals surface area contributed by atoms with Gasteiger partial charge in [-0.1, -0.05) is 49.0 Å². The van der Waals surface area contributed by atoms with Crippen LogP contribution in [0.3, 0.4) is 0 Å². The SMILES string of the molecule is CCOC(=O)N1CCN(C(=O)C(CC)Sc2nc(C)c(Cc3ccccc3)c(=O)n2C)CC1. The highest BCUT2D eigenvalue weighted by atomic mass is 32.2. The van der Waals surface area contributed by atoms with E-state index in [1.807, 2.05) is 44.2 Å². The van der Waals surface area contributed by atoms with Gasteiger partial charge in [0.2, 0.25) is 5.91 Å². The number of piperazine rings is 1. The predicted octanol–water partition coefficient (Wildman–Crippen LogP) is 2.85. The Hall–Kier alpha value is -2.81. The van der Waals surface area contributed by atoms with E-state index in [0.29, 0.717) is 62.0 Å². The Morgan fingerprint density at radius 3 is 2.33 bits per heavy atom. The van der Waals surface area contributed by atoms with Crippen LogP contribution in [0, 0.1) is 6.92 Å². The van der Waals surface area contributed by atoms with E-state index in [-0.39, 0.29) is 22.8 Å². The number of ether oxygens (including phenoxy) is 1. The maximum absolute atomic E-state index is 13.2. The van der Waals surface area contributed by atoms with E-state index in [1.54, 1.807) is 28.3 Å². The number of carbonyl (C=O) groups is 2. The fourth-order valence-electron chi connectivity index (χ4n) is 3.80. The summed E-state index contributed by atoms with van der Waals surface area (Å²) in [5, 5.41) is 0.191. The first-order valence-electron chi connectivity index (χ1n) is 11.3. The summed E-state index contributed by atoms with van der Waals surface area (Å²) in [6.45, 7) is 7.76. The Bertz CT molecular complexity index is 1030. The molecule has 0 bridgehead atoms. The molecule has 1 aliphatic rings. The van der Waals surface area contributed by atoms with E-state index in [9.17, 15) is 14.4 Å². The summed E-state index contributed by atoms with van der Waals surface area (Å²) in [4.78, 5) is 46.3. The first-order valence-corrected chi connectivity index (χ1v) is 12.2. The first-order chi connectivity index (χ1) is 15.8. The smallest absolute Gasteiger partial charge is 0.409 e. The highest BCUT2D eigenvalue weighted by Gasteiger charge is 2.30. The molecule has 0 spiro atoms. The van der Waals surface area contributed by atoms with E-state index < -0.39 is 0 Å². The second-order valence-electron chi connectivity index (χ2n) is 8.01. The van der Waals surface area contributed by atoms with E-state index in [4.69, 9.17) is 4.74 Å². The summed E-state index contributed by atoms with van der Waals surface area (Å²) in [5.74, 6) is 0.00581. The summed E-state index contributed by atoms with van der Waals surface area (Å²) in [6, 6.07) is 9.85. The number of nitrogens with zero attached hydrogens (tertiary/aromatic N) is 4. The Morgan fingerprint density at radius 2 is 1.73 bits per heavy atom. The van der Waals surface area contributed by atoms with Gasteiger partial charge >= 0.3 is 6.09 Å². The monoisotopic (exact) mass is 472 g/mol. The lowest BCUT2D eigenvalue weighted by molar-refractivity contribution is -0.132. The molecule has 8 nitrogen and oxygen atoms in total. The zero-order chi connectivity index (χ0) is 24.0. The molecule has 1 fully saturated rings. The molecule has 3 rings (SSSR count). The minimum absolute atomic E-state index is 0.00581. The third kappa shape index (κ3) is 5.96. The van der Waals surface area contributed by atoms with Crippen molar-refractivity contribution in [2.45, 2.75) is 44.0 Å². The summed E-state index contributed by atoms with van der Waals surface area (Å²) >= 11 is 1.33. The van der Waals surface area contributed by atoms with Gasteiger partial charge in [-0.15, -0.1) is 0 Å². The maximum Gasteiger partial charge on any atom is 0.409 e. The highest BCUT2D eigenvalue weighted by molar-refractivity contribution is 8.00. The topological polar surface area (TPSA) is 84.7 Å². The summed E-state index contributed by atoms with van der Waals surface area (Å²) in [5.41, 5.74) is 2.33. The molecule has 33 heavy (non-hydrogen) atoms. The molecular weight excluding hydrogens is 440 g/mol. The third-order valence-corrected chi connectivity index (χ3v) is 7.18. The van der Waals surface area contributed by atoms with Crippen molar-refractivity contribution in [3.63, 3.8) is 0 Å². The van der Waals surface area contributed by atoms with Crippen molar-refractivity contribution < 1.29 is 14.3 Å². The summed E-state index contributed by atoms with van der Waals surface area (Å²) in [7, 11) is 1.71. The Kier molecular flexibility index (Phi) is 8.55. The molecule has 2 heterocycles. The van der Waals surface area contributed by atoms with Gasteiger partial charge in [0.25, 0.3) is 5.56 Å². The fourth-order valence-corrected chi connectivity index (χ4v) is 4.90. The van der Waals surface area contributed by atoms with Gasteiger partial charge in [-0.3, -0.25) is 14.2 Å². The number of hydrogen-bond acceptors (Lipinski definition) is 6. The number of hydrogen-bond donors (Lipinski definition) is 0. The maximum atomic E-state index is 13.2. The molecule has 0 aliphatic carbocycles. The highest BCUT2D eigenvalue weighted by Crippen LogP contribution is 2.26. The molecular formula is C24H32N4O4S. The van der Waals surface area contributed by atoms with Gasteiger partial charge in [0.15, 0.2) is 5.16 Å². The van der Waals surface area contributed by atoms with Crippen LogP contribution in [-0.2, 0) is 23.0 Å². The second-order valence-corrected chi connectivity index (χ2v) is 9.18. The molecule has 1 aliphatic heterocycles. The van der Waals surface area contributed by atoms with Crippen LogP contribution in [0.15, 0.2) is 40.3 Å². The molecule has 1 aromatic heterocycles. The van der Waals surface area contributed by atoms with Crippen molar-refractivity contribution in [1.82, 2.24) is 19.4 Å². The van der Waals surface area contributed by atoms with Crippen LogP contribution in [0.4, 0.5) is 4.79 Å². The number of amides is 2. The van der Waals surface area contributed by atoms with Crippen molar-refractivity contribution in [2.24, 2.45) is 7.05 Å². The van der Waals surface area contributed by atoms with Gasteiger partial charge in [0.1, 0.15) is 0 Å². The minimum atomic E-state index is -0.350. The van der Waals surface area contributed by atoms with Crippen LogP contribution in [-0.4, -0.2) is 69.4 Å². The predicted molar refractivity (Wildman–Crippen MR) is 129 cm³/mol. The number of benzene rings is 1. The molecule has 0 N–H and O–H groups in total. The van der Waals surface area contributed by atoms with Crippen molar-refractivity contribution in [2.75, 3.05) is 32.8 Å². The number of aromatic nitrogens is 2. The lowest BCUT2D eigenvalue weighted by Crippen LogP contribution is -2.52. The van der Waals surface area contributed by atoms with Gasteiger partial charge < -0.3 is 14.5 Å². The second kappa shape index (κ2) is 11.4. The Labute approximate surface area is 198 Å². The first kappa shape index (κ1) is 24.8. The van der Waals surface area contributed by atoms with Gasteiger partial charge in [-0.2, -0.15) is 0 Å². The van der Waals surface area contributed by atoms with Gasteiger partial charge in [-0.25, -0.2) is 9.78 Å². The quantitative estimate of drug-likeness (QED) is 0.455. The van der Waals surface area contributed by atoms with E-state index in [1.165, 1.54) is 11.8 Å². The third-order valence-electron chi connectivity index (χ3n) is 5.78. The van der Waals surface area contributed by atoms with Crippen molar-refractivity contribution in [3.05, 3.63) is 57.5 Å². The van der Waals surface area contributed by atoms with Crippen LogP contribution in [0.25, 0.3) is 0 Å². The lowest BCUT2D eigenvalue weighted by Gasteiger charge is -2.35. The number of carbonyl (C=O) groups excluding carboxylic acids is 2. The van der Waals surface area contributed by atoms with Crippen LogP contribution in [0.2, 0.25) is 0 Å². The molecule has 2 aromatic rings. The zero-order valence-electron chi connectivity index (χ0n) is 19.7. The molecule has 0 radical (unpaired) electrons. The van der Waals surface area contributed by atoms with Gasteiger partial charge in [0.05, 0.1) is 11.9 Å². The van der Waals surface area contributed by atoms with Crippen LogP contribution < -0.4 is 5.56 Å². The van der Waals surface area contributed by atoms with Crippen LogP contribution in [0.5, 0.6) is 0 Å². The van der Waals surface area contributed by atoms with Crippen molar-refractivity contribution in [3.8, 4) is 0 Å². The molecule has 178 valence electrons. The molecule has 1 aromatic carbocycles. The molecule has 9 heteroatoms. The zero-order valence-corrected chi connectivity index (χ0v) is 20.6. The van der Waals surface area contributed by atoms with Crippen LogP contribution >= 0.6 is 11.8 Å². The molecule has 1 atom stereocenters. The van der Waals surface area contributed by atoms with Crippen molar-refractivity contribution >= 4 is 23.8 Å². The largest absolute Gasteiger partial charge is 0.450 e. The van der Waals surface area contributed by atoms with Crippen molar-refractivity contribution in [1.29, 1.82) is 0 Å². The lowest BCUT2D eigenvalue weighted by atomic mass is 10.1. The van der Waals surface area contributed by atoms with Gasteiger partial charge in [0, 0.05) is 50.9 Å². The van der Waals surface area contributed by atoms with E-state index >= 15 is 0 Å². The van der Waals surface area contributed by atoms with E-state index in [2.05, 4.69) is 4.98 Å². The molecule has 1 unspecified atom stereocenters. The Balaban J connectivity index is 1.70. The molecule has 0 saturated carbocycles. The van der Waals surface area contributed by atoms with E-state index in [0.717, 1.165) is 5.56 Å². The molecule has 2 amide bonds. The molecule has 1 saturated heterocycles. The standard InChI is InChI=1S/C24H32N4O4S/c1-5-20(22(30)27-12-14-28(15-13-27)24(31)32-6-2)33-23-25-17(3)19(21(29)26(23)4)16-18-10-8-7-9-11-18/h7-11,20H,5-6,12-16H2,1-4H3. The summed E-state index contributed by atoms with van der Waals surface area (Å²) in [6.07, 6.45) is 0.803. The number of aryl methyl sites for hydroxylation is 1. The minimum Gasteiger partial charge on any atom is -0.450 e. The van der Waals surface area contributed by atoms with Crippen LogP contribution in [0.1, 0.15) is 37.1 Å². The normalized spacial score (nSPS) is 14.8. The average molecular weight is 473 g/mol. The Morgan fingerprint density at radius 1 is 1.09 bits per heavy atom.